The quantitative estimate of drug-likeness (QED) is 0.898. The Labute approximate surface area is 107 Å². The largest absolute Gasteiger partial charge is 0.371 e. The third-order valence-corrected chi connectivity index (χ3v) is 2.94. The number of β-amino-alcohol motifs (C(OH)–C–C–N with tert-alkyl or cyclic N) is 1. The summed E-state index contributed by atoms with van der Waals surface area (Å²) in [5.41, 5.74) is -0.420. The van der Waals surface area contributed by atoms with E-state index in [-0.39, 0.29) is 17.4 Å². The molecule has 1 N–H and O–H groups in total. The molecule has 2 heterocycles. The Morgan fingerprint density at radius 2 is 2.28 bits per heavy atom. The Bertz CT molecular complexity index is 486. The van der Waals surface area contributed by atoms with Gasteiger partial charge in [0.2, 0.25) is 0 Å². The number of carbonyl (C=O) groups is 1. The molecular formula is C10H10ClF2N3O2. The molecule has 1 aromatic rings. The standard InChI is InChI=1S/C10H10ClF2N3O2/c1-15-4-8(17)16(10(15)18)7-2-5(9(12)13)6(11)3-14-7/h2-3,8-9,17H,4H2,1H3. The van der Waals surface area contributed by atoms with Crippen molar-refractivity contribution in [2.75, 3.05) is 18.5 Å². The maximum atomic E-state index is 12.7. The molecule has 0 aliphatic carbocycles. The molecule has 1 aliphatic heterocycles. The molecule has 8 heteroatoms. The van der Waals surface area contributed by atoms with Crippen LogP contribution in [-0.2, 0) is 0 Å². The molecule has 18 heavy (non-hydrogen) atoms. The van der Waals surface area contributed by atoms with Crippen LogP contribution in [0.3, 0.4) is 0 Å². The first kappa shape index (κ1) is 13.0. The molecule has 1 saturated heterocycles. The van der Waals surface area contributed by atoms with Crippen LogP contribution in [-0.4, -0.2) is 40.8 Å². The maximum absolute atomic E-state index is 12.7. The predicted molar refractivity (Wildman–Crippen MR) is 60.7 cm³/mol. The number of urea groups is 1. The van der Waals surface area contributed by atoms with Gasteiger partial charge in [0.1, 0.15) is 5.82 Å². The summed E-state index contributed by atoms with van der Waals surface area (Å²) in [6.45, 7) is 0.0904. The fraction of sp³-hybridized carbons (Fsp3) is 0.400. The second kappa shape index (κ2) is 4.66. The molecule has 1 aliphatic rings. The van der Waals surface area contributed by atoms with Crippen LogP contribution >= 0.6 is 11.6 Å². The van der Waals surface area contributed by atoms with Crippen LogP contribution in [0.1, 0.15) is 12.0 Å². The Balaban J connectivity index is 2.40. The molecule has 98 valence electrons. The minimum atomic E-state index is -2.77. The van der Waals surface area contributed by atoms with Gasteiger partial charge in [-0.2, -0.15) is 0 Å². The molecule has 1 aromatic heterocycles. The molecule has 0 radical (unpaired) electrons. The summed E-state index contributed by atoms with van der Waals surface area (Å²) in [7, 11) is 1.50. The fourth-order valence-corrected chi connectivity index (χ4v) is 1.89. The number of aromatic nitrogens is 1. The van der Waals surface area contributed by atoms with Crippen molar-refractivity contribution in [3.63, 3.8) is 0 Å². The van der Waals surface area contributed by atoms with E-state index in [9.17, 15) is 18.7 Å². The summed E-state index contributed by atoms with van der Waals surface area (Å²) < 4.78 is 25.4. The van der Waals surface area contributed by atoms with E-state index in [1.165, 1.54) is 11.9 Å². The van der Waals surface area contributed by atoms with Gasteiger partial charge in [0, 0.05) is 18.8 Å². The first-order valence-electron chi connectivity index (χ1n) is 5.07. The second-order valence-electron chi connectivity index (χ2n) is 3.88. The van der Waals surface area contributed by atoms with Crippen molar-refractivity contribution in [1.29, 1.82) is 0 Å². The van der Waals surface area contributed by atoms with E-state index >= 15 is 0 Å². The zero-order valence-electron chi connectivity index (χ0n) is 9.35. The third-order valence-electron chi connectivity index (χ3n) is 2.62. The zero-order valence-corrected chi connectivity index (χ0v) is 10.1. The summed E-state index contributed by atoms with van der Waals surface area (Å²) in [6, 6.07) is 0.505. The number of alkyl halides is 2. The topological polar surface area (TPSA) is 56.7 Å². The van der Waals surface area contributed by atoms with E-state index in [1.807, 2.05) is 0 Å². The van der Waals surface area contributed by atoms with E-state index < -0.39 is 24.2 Å². The lowest BCUT2D eigenvalue weighted by atomic mass is 10.2. The van der Waals surface area contributed by atoms with Crippen molar-refractivity contribution in [2.45, 2.75) is 12.7 Å². The summed E-state index contributed by atoms with van der Waals surface area (Å²) in [5, 5.41) is 9.51. The lowest BCUT2D eigenvalue weighted by molar-refractivity contribution is 0.151. The SMILES string of the molecule is CN1CC(O)N(c2cc(C(F)F)c(Cl)cn2)C1=O. The van der Waals surface area contributed by atoms with Gasteiger partial charge in [-0.1, -0.05) is 11.6 Å². The number of hydrogen-bond acceptors (Lipinski definition) is 3. The van der Waals surface area contributed by atoms with Crippen LogP contribution in [0, 0.1) is 0 Å². The molecule has 1 fully saturated rings. The van der Waals surface area contributed by atoms with Crippen LogP contribution in [0.2, 0.25) is 5.02 Å². The number of likely N-dealkylation sites (N-methyl/N-ethyl adjacent to an activating group) is 1. The van der Waals surface area contributed by atoms with Gasteiger partial charge >= 0.3 is 6.03 Å². The van der Waals surface area contributed by atoms with Crippen molar-refractivity contribution in [2.24, 2.45) is 0 Å². The van der Waals surface area contributed by atoms with E-state index in [0.29, 0.717) is 0 Å². The number of nitrogens with zero attached hydrogens (tertiary/aromatic N) is 3. The number of aliphatic hydroxyl groups is 1. The summed E-state index contributed by atoms with van der Waals surface area (Å²) in [5.74, 6) is -0.0449. The third kappa shape index (κ3) is 2.11. The Hall–Kier alpha value is -1.47. The van der Waals surface area contributed by atoms with Gasteiger partial charge in [-0.05, 0) is 6.07 Å². The molecule has 0 bridgehead atoms. The average molecular weight is 278 g/mol. The number of halogens is 3. The molecular weight excluding hydrogens is 268 g/mol. The van der Waals surface area contributed by atoms with Crippen molar-refractivity contribution in [3.8, 4) is 0 Å². The van der Waals surface area contributed by atoms with Crippen LogP contribution in [0.4, 0.5) is 19.4 Å². The van der Waals surface area contributed by atoms with Crippen LogP contribution < -0.4 is 4.90 Å². The van der Waals surface area contributed by atoms with E-state index in [2.05, 4.69) is 4.98 Å². The first-order valence-corrected chi connectivity index (χ1v) is 5.45. The summed E-state index contributed by atoms with van der Waals surface area (Å²) in [4.78, 5) is 17.7. The molecule has 5 nitrogen and oxygen atoms in total. The lowest BCUT2D eigenvalue weighted by Gasteiger charge is -2.18. The highest BCUT2D eigenvalue weighted by molar-refractivity contribution is 6.31. The highest BCUT2D eigenvalue weighted by Gasteiger charge is 2.36. The van der Waals surface area contributed by atoms with Crippen LogP contribution in [0.15, 0.2) is 12.3 Å². The second-order valence-corrected chi connectivity index (χ2v) is 4.29. The normalized spacial score (nSPS) is 20.1. The number of hydrogen-bond donors (Lipinski definition) is 1. The smallest absolute Gasteiger partial charge is 0.327 e. The molecule has 0 aromatic carbocycles. The van der Waals surface area contributed by atoms with Gasteiger partial charge in [-0.15, -0.1) is 0 Å². The zero-order chi connectivity index (χ0) is 13.4. The first-order chi connectivity index (χ1) is 8.41. The van der Waals surface area contributed by atoms with Gasteiger partial charge in [-0.25, -0.2) is 23.5 Å². The predicted octanol–water partition coefficient (Wildman–Crippen LogP) is 1.86. The number of pyridine rings is 1. The fourth-order valence-electron chi connectivity index (χ4n) is 1.71. The number of carbonyl (C=O) groups excluding carboxylic acids is 1. The number of amides is 2. The lowest BCUT2D eigenvalue weighted by Crippen LogP contribution is -2.34. The highest BCUT2D eigenvalue weighted by atomic mass is 35.5. The average Bonchev–Trinajstić information content (AvgIpc) is 2.54. The number of anilines is 1. The molecule has 0 spiro atoms. The van der Waals surface area contributed by atoms with E-state index in [4.69, 9.17) is 11.6 Å². The van der Waals surface area contributed by atoms with Crippen molar-refractivity contribution < 1.29 is 18.7 Å². The number of aliphatic hydroxyl groups excluding tert-OH is 1. The minimum Gasteiger partial charge on any atom is -0.371 e. The van der Waals surface area contributed by atoms with Gasteiger partial charge in [0.25, 0.3) is 6.43 Å². The molecule has 2 rings (SSSR count). The van der Waals surface area contributed by atoms with Crippen LogP contribution in [0.5, 0.6) is 0 Å². The highest BCUT2D eigenvalue weighted by Crippen LogP contribution is 2.31. The monoisotopic (exact) mass is 277 g/mol. The van der Waals surface area contributed by atoms with E-state index in [1.54, 1.807) is 0 Å². The van der Waals surface area contributed by atoms with E-state index in [0.717, 1.165) is 17.2 Å². The van der Waals surface area contributed by atoms with Gasteiger partial charge in [0.15, 0.2) is 6.23 Å². The van der Waals surface area contributed by atoms with Gasteiger partial charge < -0.3 is 10.0 Å². The Kier molecular flexibility index (Phi) is 3.36. The van der Waals surface area contributed by atoms with Crippen molar-refractivity contribution in [1.82, 2.24) is 9.88 Å². The van der Waals surface area contributed by atoms with Crippen molar-refractivity contribution in [3.05, 3.63) is 22.8 Å². The van der Waals surface area contributed by atoms with Crippen LogP contribution in [0.25, 0.3) is 0 Å². The maximum Gasteiger partial charge on any atom is 0.327 e. The Morgan fingerprint density at radius 1 is 1.61 bits per heavy atom. The molecule has 1 atom stereocenters. The summed E-state index contributed by atoms with van der Waals surface area (Å²) in [6.07, 6.45) is -2.84. The van der Waals surface area contributed by atoms with Gasteiger partial charge in [-0.3, -0.25) is 0 Å². The Morgan fingerprint density at radius 3 is 2.78 bits per heavy atom. The minimum absolute atomic E-state index is 0.0449. The number of rotatable bonds is 2. The van der Waals surface area contributed by atoms with Crippen molar-refractivity contribution >= 4 is 23.4 Å². The molecule has 2 amide bonds. The summed E-state index contributed by atoms with van der Waals surface area (Å²) >= 11 is 5.58. The molecule has 0 saturated carbocycles. The van der Waals surface area contributed by atoms with Gasteiger partial charge in [0.05, 0.1) is 11.6 Å². The molecule has 1 unspecified atom stereocenters.